The van der Waals surface area contributed by atoms with E-state index in [2.05, 4.69) is 31.3 Å². The summed E-state index contributed by atoms with van der Waals surface area (Å²) in [5, 5.41) is 3.12. The van der Waals surface area contributed by atoms with E-state index < -0.39 is 15.5 Å². The maximum Gasteiger partial charge on any atom is 0.146 e. The molecule has 2 rings (SSSR count). The summed E-state index contributed by atoms with van der Waals surface area (Å²) in [4.78, 5) is 0. The Balaban J connectivity index is 2.34. The Bertz CT molecular complexity index is 485. The molecule has 1 N–H and O–H groups in total. The minimum Gasteiger partial charge on any atom is -0.388 e. The van der Waals surface area contributed by atoms with E-state index in [0.717, 1.165) is 18.5 Å². The van der Waals surface area contributed by atoms with Gasteiger partial charge in [0.1, 0.15) is 10.7 Å². The van der Waals surface area contributed by atoms with Crippen molar-refractivity contribution in [2.45, 2.75) is 37.9 Å². The lowest BCUT2D eigenvalue weighted by Gasteiger charge is -2.15. The fourth-order valence-electron chi connectivity index (χ4n) is 2.31. The molecular weight excluding hydrogens is 234 g/mol. The van der Waals surface area contributed by atoms with Crippen LogP contribution < -0.4 is 5.32 Å². The van der Waals surface area contributed by atoms with Crippen LogP contribution in [0.15, 0.2) is 12.1 Å². The normalized spacial score (nSPS) is 17.2. The predicted molar refractivity (Wildman–Crippen MR) is 71.4 cm³/mol. The first-order chi connectivity index (χ1) is 7.98. The van der Waals surface area contributed by atoms with Gasteiger partial charge in [-0.25, -0.2) is 8.42 Å². The summed E-state index contributed by atoms with van der Waals surface area (Å²) in [6.07, 6.45) is 2.31. The molecule has 1 aliphatic carbocycles. The summed E-state index contributed by atoms with van der Waals surface area (Å²) in [6, 6.07) is 4.16. The zero-order valence-corrected chi connectivity index (χ0v) is 11.4. The summed E-state index contributed by atoms with van der Waals surface area (Å²) in [6.45, 7) is 4.11. The van der Waals surface area contributed by atoms with Gasteiger partial charge in [-0.1, -0.05) is 0 Å². The van der Waals surface area contributed by atoms with E-state index in [9.17, 15) is 8.42 Å². The van der Waals surface area contributed by atoms with Gasteiger partial charge in [0.15, 0.2) is 0 Å². The van der Waals surface area contributed by atoms with E-state index >= 15 is 0 Å². The topological polar surface area (TPSA) is 46.2 Å². The minimum atomic E-state index is -2.31. The van der Waals surface area contributed by atoms with Crippen LogP contribution >= 0.6 is 0 Å². The lowest BCUT2D eigenvalue weighted by Crippen LogP contribution is -2.16. The quantitative estimate of drug-likeness (QED) is 0.807. The summed E-state index contributed by atoms with van der Waals surface area (Å²) < 4.78 is 22.1. The number of thiol groups is 1. The second-order valence-corrected chi connectivity index (χ2v) is 6.46. The van der Waals surface area contributed by atoms with Crippen LogP contribution in [0, 0.1) is 13.8 Å². The van der Waals surface area contributed by atoms with Crippen LogP contribution in [0.1, 0.15) is 29.5 Å². The number of anilines is 1. The summed E-state index contributed by atoms with van der Waals surface area (Å²) in [5.74, 6) is 0. The molecule has 0 atom stereocenters. The highest BCUT2D eigenvalue weighted by molar-refractivity contribution is 7.74. The maximum atomic E-state index is 11.3. The van der Waals surface area contributed by atoms with Gasteiger partial charge >= 0.3 is 0 Å². The predicted octanol–water partition coefficient (Wildman–Crippen LogP) is 2.03. The molecule has 0 radical (unpaired) electrons. The number of benzene rings is 1. The smallest absolute Gasteiger partial charge is 0.146 e. The van der Waals surface area contributed by atoms with E-state index in [-0.39, 0.29) is 0 Å². The van der Waals surface area contributed by atoms with E-state index in [0.29, 0.717) is 6.42 Å². The van der Waals surface area contributed by atoms with Gasteiger partial charge in [-0.15, -0.1) is 0 Å². The molecule has 3 nitrogen and oxygen atoms in total. The summed E-state index contributed by atoms with van der Waals surface area (Å²) in [7, 11) is -0.414. The molecule has 1 saturated carbocycles. The first kappa shape index (κ1) is 12.4. The number of rotatable bonds is 4. The van der Waals surface area contributed by atoms with Gasteiger partial charge in [0.25, 0.3) is 0 Å². The van der Waals surface area contributed by atoms with Crippen molar-refractivity contribution in [3.8, 4) is 0 Å². The van der Waals surface area contributed by atoms with Crippen LogP contribution in [0.2, 0.25) is 0 Å². The van der Waals surface area contributed by atoms with Gasteiger partial charge in [-0.05, 0) is 61.9 Å². The zero-order valence-electron chi connectivity index (χ0n) is 10.5. The third-order valence-electron chi connectivity index (χ3n) is 3.70. The molecule has 0 aliphatic heterocycles. The molecule has 1 aromatic carbocycles. The third-order valence-corrected chi connectivity index (χ3v) is 5.08. The van der Waals surface area contributed by atoms with Crippen molar-refractivity contribution in [1.82, 2.24) is 0 Å². The number of hydrogen-bond donors (Lipinski definition) is 2. The number of nitrogens with one attached hydrogen (secondary N) is 1. The molecule has 17 heavy (non-hydrogen) atoms. The molecule has 1 fully saturated rings. The van der Waals surface area contributed by atoms with Crippen LogP contribution in [0.4, 0.5) is 5.69 Å². The molecule has 1 aromatic rings. The van der Waals surface area contributed by atoms with E-state index in [1.165, 1.54) is 16.7 Å². The van der Waals surface area contributed by atoms with Crippen LogP contribution in [0.5, 0.6) is 0 Å². The van der Waals surface area contributed by atoms with Crippen molar-refractivity contribution in [2.24, 2.45) is 0 Å². The molecule has 0 unspecified atom stereocenters. The Hall–Kier alpha value is -1.03. The second kappa shape index (κ2) is 4.33. The molecule has 1 aliphatic rings. The highest BCUT2D eigenvalue weighted by Crippen LogP contribution is 2.43. The largest absolute Gasteiger partial charge is 0.388 e. The van der Waals surface area contributed by atoms with E-state index in [1.807, 2.05) is 7.05 Å². The van der Waals surface area contributed by atoms with E-state index in [1.54, 1.807) is 0 Å². The average Bonchev–Trinajstić information content (AvgIpc) is 3.04. The van der Waals surface area contributed by atoms with Gasteiger partial charge in [-0.2, -0.15) is 0 Å². The molecule has 0 bridgehead atoms. The Morgan fingerprint density at radius 1 is 1.24 bits per heavy atom. The molecule has 0 spiro atoms. The fourth-order valence-corrected chi connectivity index (χ4v) is 3.08. The van der Waals surface area contributed by atoms with Gasteiger partial charge in [0, 0.05) is 12.7 Å². The van der Waals surface area contributed by atoms with Crippen LogP contribution in [0.3, 0.4) is 0 Å². The molecule has 4 heteroatoms. The summed E-state index contributed by atoms with van der Waals surface area (Å²) in [5.41, 5.74) is 4.63. The molecule has 94 valence electrons. The van der Waals surface area contributed by atoms with Gasteiger partial charge in [0.2, 0.25) is 0 Å². The van der Waals surface area contributed by atoms with Crippen molar-refractivity contribution < 1.29 is 8.42 Å². The van der Waals surface area contributed by atoms with E-state index in [4.69, 9.17) is 0 Å². The van der Waals surface area contributed by atoms with Crippen molar-refractivity contribution >= 4 is 16.4 Å². The monoisotopic (exact) mass is 253 g/mol. The highest BCUT2D eigenvalue weighted by Gasteiger charge is 2.46. The molecule has 0 amide bonds. The van der Waals surface area contributed by atoms with Gasteiger partial charge in [-0.3, -0.25) is 0 Å². The van der Waals surface area contributed by atoms with Gasteiger partial charge < -0.3 is 5.32 Å². The number of aryl methyl sites for hydroxylation is 2. The first-order valence-electron chi connectivity index (χ1n) is 5.91. The van der Waals surface area contributed by atoms with Crippen molar-refractivity contribution in [3.63, 3.8) is 0 Å². The Morgan fingerprint density at radius 3 is 2.12 bits per heavy atom. The lowest BCUT2D eigenvalue weighted by molar-refractivity contribution is 0.595. The fraction of sp³-hybridized carbons (Fsp3) is 0.538. The van der Waals surface area contributed by atoms with Crippen LogP contribution in [-0.2, 0) is 17.1 Å². The standard InChI is InChI=1S/C13H19NO2S/c1-9-6-11(14-3)7-10(2)12(9)8-13(4-5-13)17(15)16/h6-7,14,17H,4-5,8H2,1-3H3. The lowest BCUT2D eigenvalue weighted by atomic mass is 9.97. The third kappa shape index (κ3) is 2.32. The molecule has 0 saturated heterocycles. The second-order valence-electron chi connectivity index (χ2n) is 5.00. The van der Waals surface area contributed by atoms with Crippen LogP contribution in [-0.4, -0.2) is 20.2 Å². The van der Waals surface area contributed by atoms with Gasteiger partial charge in [0.05, 0.1) is 4.75 Å². The number of hydrogen-bond acceptors (Lipinski definition) is 3. The molecule has 0 aromatic heterocycles. The first-order valence-corrected chi connectivity index (χ1v) is 7.09. The average molecular weight is 253 g/mol. The SMILES string of the molecule is CNc1cc(C)c(CC2([SH](=O)=O)CC2)c(C)c1. The zero-order chi connectivity index (χ0) is 12.6. The maximum absolute atomic E-state index is 11.3. The Morgan fingerprint density at radius 2 is 1.76 bits per heavy atom. The Kier molecular flexibility index (Phi) is 3.17. The van der Waals surface area contributed by atoms with Crippen molar-refractivity contribution in [3.05, 3.63) is 28.8 Å². The highest BCUT2D eigenvalue weighted by atomic mass is 32.2. The minimum absolute atomic E-state index is 0.438. The molecular formula is C13H19NO2S. The molecule has 0 heterocycles. The summed E-state index contributed by atoms with van der Waals surface area (Å²) >= 11 is 0. The van der Waals surface area contributed by atoms with Crippen molar-refractivity contribution in [1.29, 1.82) is 0 Å². The van der Waals surface area contributed by atoms with Crippen LogP contribution in [0.25, 0.3) is 0 Å². The Labute approximate surface area is 104 Å². The van der Waals surface area contributed by atoms with Crippen molar-refractivity contribution in [2.75, 3.05) is 12.4 Å².